The summed E-state index contributed by atoms with van der Waals surface area (Å²) in [4.78, 5) is 16.4. The first-order chi connectivity index (χ1) is 14.1. The summed E-state index contributed by atoms with van der Waals surface area (Å²) in [6, 6.07) is 8.14. The lowest BCUT2D eigenvalue weighted by molar-refractivity contribution is -0.130. The molecule has 1 saturated heterocycles. The Labute approximate surface area is 175 Å². The Morgan fingerprint density at radius 1 is 1.17 bits per heavy atom. The smallest absolute Gasteiger partial charge is 0.284 e. The molecule has 4 rings (SSSR count). The number of nitrogens with zero attached hydrogens (tertiary/aromatic N) is 4. The summed E-state index contributed by atoms with van der Waals surface area (Å²) in [5.74, 6) is 0.670. The van der Waals surface area contributed by atoms with Crippen LogP contribution >= 0.6 is 23.4 Å². The van der Waals surface area contributed by atoms with E-state index in [1.54, 1.807) is 29.2 Å². The first-order valence-corrected chi connectivity index (χ1v) is 10.4. The molecule has 0 radical (unpaired) electrons. The van der Waals surface area contributed by atoms with Gasteiger partial charge in [-0.1, -0.05) is 29.4 Å². The Hall–Kier alpha value is -2.36. The normalized spacial score (nSPS) is 15.0. The van der Waals surface area contributed by atoms with Gasteiger partial charge in [0.2, 0.25) is 5.91 Å². The number of piperazine rings is 1. The van der Waals surface area contributed by atoms with Gasteiger partial charge < -0.3 is 13.7 Å². The van der Waals surface area contributed by atoms with Crippen LogP contribution in [0, 0.1) is 5.82 Å². The van der Waals surface area contributed by atoms with E-state index in [-0.39, 0.29) is 23.4 Å². The quantitative estimate of drug-likeness (QED) is 0.547. The Bertz CT molecular complexity index is 954. The molecule has 1 aromatic carbocycles. The van der Waals surface area contributed by atoms with Crippen LogP contribution in [0.4, 0.5) is 4.39 Å². The SMILES string of the molecule is O=C(CSc1nnc(-c2ccco2)o1)N1CCN(Cc2c(F)cccc2Cl)CC1. The Morgan fingerprint density at radius 2 is 2.00 bits per heavy atom. The summed E-state index contributed by atoms with van der Waals surface area (Å²) < 4.78 is 24.7. The fourth-order valence-electron chi connectivity index (χ4n) is 3.05. The van der Waals surface area contributed by atoms with E-state index < -0.39 is 0 Å². The Balaban J connectivity index is 1.25. The highest BCUT2D eigenvalue weighted by atomic mass is 35.5. The summed E-state index contributed by atoms with van der Waals surface area (Å²) in [7, 11) is 0. The molecule has 0 unspecified atom stereocenters. The lowest BCUT2D eigenvalue weighted by Gasteiger charge is -2.34. The molecule has 0 saturated carbocycles. The third-order valence-corrected chi connectivity index (χ3v) is 5.78. The minimum Gasteiger partial charge on any atom is -0.459 e. The highest BCUT2D eigenvalue weighted by Crippen LogP contribution is 2.24. The van der Waals surface area contributed by atoms with Crippen molar-refractivity contribution < 1.29 is 18.0 Å². The van der Waals surface area contributed by atoms with Crippen molar-refractivity contribution >= 4 is 29.3 Å². The van der Waals surface area contributed by atoms with Crippen LogP contribution in [0.3, 0.4) is 0 Å². The van der Waals surface area contributed by atoms with E-state index in [1.165, 1.54) is 24.1 Å². The maximum absolute atomic E-state index is 14.0. The second-order valence-electron chi connectivity index (χ2n) is 6.50. The monoisotopic (exact) mass is 436 g/mol. The largest absolute Gasteiger partial charge is 0.459 e. The Kier molecular flexibility index (Phi) is 6.17. The molecule has 152 valence electrons. The third kappa shape index (κ3) is 4.80. The van der Waals surface area contributed by atoms with Crippen LogP contribution in [-0.2, 0) is 11.3 Å². The van der Waals surface area contributed by atoms with Gasteiger partial charge in [-0.25, -0.2) is 4.39 Å². The zero-order chi connectivity index (χ0) is 20.2. The summed E-state index contributed by atoms with van der Waals surface area (Å²) in [6.45, 7) is 2.90. The number of hydrogen-bond acceptors (Lipinski definition) is 7. The van der Waals surface area contributed by atoms with Gasteiger partial charge in [-0.3, -0.25) is 9.69 Å². The van der Waals surface area contributed by atoms with Gasteiger partial charge in [0.15, 0.2) is 5.76 Å². The summed E-state index contributed by atoms with van der Waals surface area (Å²) in [5, 5.41) is 8.57. The molecule has 1 fully saturated rings. The molecular formula is C19H18ClFN4O3S. The fourth-order valence-corrected chi connectivity index (χ4v) is 3.93. The van der Waals surface area contributed by atoms with Gasteiger partial charge in [-0.2, -0.15) is 0 Å². The van der Waals surface area contributed by atoms with Crippen molar-refractivity contribution in [1.29, 1.82) is 0 Å². The Morgan fingerprint density at radius 3 is 2.72 bits per heavy atom. The number of benzene rings is 1. The van der Waals surface area contributed by atoms with Crippen molar-refractivity contribution in [1.82, 2.24) is 20.0 Å². The minimum atomic E-state index is -0.305. The van der Waals surface area contributed by atoms with Crippen molar-refractivity contribution in [3.05, 3.63) is 53.0 Å². The van der Waals surface area contributed by atoms with Gasteiger partial charge in [0.05, 0.1) is 12.0 Å². The number of carbonyl (C=O) groups is 1. The molecule has 0 bridgehead atoms. The first kappa shape index (κ1) is 19.9. The zero-order valence-corrected chi connectivity index (χ0v) is 17.0. The summed E-state index contributed by atoms with van der Waals surface area (Å²) in [5.41, 5.74) is 0.494. The molecule has 0 spiro atoms. The van der Waals surface area contributed by atoms with Crippen LogP contribution in [0.5, 0.6) is 0 Å². The van der Waals surface area contributed by atoms with Crippen LogP contribution in [-0.4, -0.2) is 57.8 Å². The van der Waals surface area contributed by atoms with E-state index in [4.69, 9.17) is 20.4 Å². The van der Waals surface area contributed by atoms with Crippen molar-refractivity contribution in [3.8, 4) is 11.7 Å². The molecule has 2 aromatic heterocycles. The van der Waals surface area contributed by atoms with E-state index in [0.717, 1.165) is 0 Å². The number of rotatable bonds is 6. The molecule has 0 aliphatic carbocycles. The zero-order valence-electron chi connectivity index (χ0n) is 15.4. The molecule has 3 heterocycles. The van der Waals surface area contributed by atoms with Crippen LogP contribution in [0.25, 0.3) is 11.7 Å². The van der Waals surface area contributed by atoms with Crippen molar-refractivity contribution in [2.45, 2.75) is 11.8 Å². The maximum atomic E-state index is 14.0. The molecule has 29 heavy (non-hydrogen) atoms. The molecule has 7 nitrogen and oxygen atoms in total. The van der Waals surface area contributed by atoms with E-state index in [2.05, 4.69) is 15.1 Å². The average molecular weight is 437 g/mol. The van der Waals surface area contributed by atoms with Crippen molar-refractivity contribution in [2.24, 2.45) is 0 Å². The van der Waals surface area contributed by atoms with Crippen molar-refractivity contribution in [3.63, 3.8) is 0 Å². The van der Waals surface area contributed by atoms with Crippen LogP contribution < -0.4 is 0 Å². The summed E-state index contributed by atoms with van der Waals surface area (Å²) >= 11 is 7.30. The number of amides is 1. The number of furan rings is 1. The predicted molar refractivity (Wildman–Crippen MR) is 106 cm³/mol. The topological polar surface area (TPSA) is 75.6 Å². The predicted octanol–water partition coefficient (Wildman–Crippen LogP) is 3.56. The molecular weight excluding hydrogens is 419 g/mol. The third-order valence-electron chi connectivity index (χ3n) is 4.63. The van der Waals surface area contributed by atoms with Gasteiger partial charge >= 0.3 is 0 Å². The van der Waals surface area contributed by atoms with Crippen LogP contribution in [0.2, 0.25) is 5.02 Å². The second kappa shape index (κ2) is 8.98. The number of halogens is 2. The van der Waals surface area contributed by atoms with E-state index in [0.29, 0.717) is 54.3 Å². The lowest BCUT2D eigenvalue weighted by Crippen LogP contribution is -2.48. The molecule has 1 aliphatic heterocycles. The first-order valence-electron chi connectivity index (χ1n) is 9.03. The number of hydrogen-bond donors (Lipinski definition) is 0. The average Bonchev–Trinajstić information content (AvgIpc) is 3.41. The highest BCUT2D eigenvalue weighted by Gasteiger charge is 2.23. The number of aromatic nitrogens is 2. The van der Waals surface area contributed by atoms with Gasteiger partial charge in [-0.05, 0) is 24.3 Å². The van der Waals surface area contributed by atoms with Crippen LogP contribution in [0.15, 0.2) is 50.7 Å². The molecule has 1 amide bonds. The molecule has 10 heteroatoms. The molecule has 1 aliphatic rings. The number of carbonyl (C=O) groups excluding carboxylic acids is 1. The minimum absolute atomic E-state index is 0.00340. The number of thioether (sulfide) groups is 1. The maximum Gasteiger partial charge on any atom is 0.284 e. The van der Waals surface area contributed by atoms with E-state index in [9.17, 15) is 9.18 Å². The van der Waals surface area contributed by atoms with Gasteiger partial charge in [-0.15, -0.1) is 10.2 Å². The van der Waals surface area contributed by atoms with Gasteiger partial charge in [0.25, 0.3) is 11.1 Å². The highest BCUT2D eigenvalue weighted by molar-refractivity contribution is 7.99. The van der Waals surface area contributed by atoms with Gasteiger partial charge in [0.1, 0.15) is 5.82 Å². The standard InChI is InChI=1S/C19H18ClFN4O3S/c20-14-3-1-4-15(21)13(14)11-24-6-8-25(9-7-24)17(26)12-29-19-23-22-18(28-19)16-5-2-10-27-16/h1-5,10H,6-9,11-12H2. The van der Waals surface area contributed by atoms with Crippen molar-refractivity contribution in [2.75, 3.05) is 31.9 Å². The lowest BCUT2D eigenvalue weighted by atomic mass is 10.2. The van der Waals surface area contributed by atoms with E-state index in [1.807, 2.05) is 0 Å². The van der Waals surface area contributed by atoms with Crippen LogP contribution in [0.1, 0.15) is 5.56 Å². The molecule has 0 N–H and O–H groups in total. The van der Waals surface area contributed by atoms with E-state index >= 15 is 0 Å². The molecule has 3 aromatic rings. The van der Waals surface area contributed by atoms with Gasteiger partial charge in [0, 0.05) is 43.3 Å². The summed E-state index contributed by atoms with van der Waals surface area (Å²) in [6.07, 6.45) is 1.52. The second-order valence-corrected chi connectivity index (χ2v) is 7.83. The molecule has 0 atom stereocenters. The fraction of sp³-hybridized carbons (Fsp3) is 0.316.